The maximum absolute atomic E-state index is 12.4. The smallest absolute Gasteiger partial charge is 0.198 e. The van der Waals surface area contributed by atoms with Crippen LogP contribution in [0.1, 0.15) is 15.9 Å². The van der Waals surface area contributed by atoms with Crippen molar-refractivity contribution in [3.05, 3.63) is 82.5 Å². The Morgan fingerprint density at radius 2 is 1.77 bits per heavy atom. The molecule has 4 heteroatoms. The van der Waals surface area contributed by atoms with Crippen LogP contribution in [0.3, 0.4) is 0 Å². The normalized spacial score (nSPS) is 10.4. The molecule has 3 rings (SSSR count). The molecule has 2 aromatic carbocycles. The van der Waals surface area contributed by atoms with Crippen molar-refractivity contribution >= 4 is 21.7 Å². The number of rotatable bonds is 3. The van der Waals surface area contributed by atoms with Crippen molar-refractivity contribution in [3.63, 3.8) is 0 Å². The summed E-state index contributed by atoms with van der Waals surface area (Å²) in [4.78, 5) is 16.8. The summed E-state index contributed by atoms with van der Waals surface area (Å²) in [5, 5.41) is 9.84. The summed E-state index contributed by atoms with van der Waals surface area (Å²) in [7, 11) is 0. The first-order valence-corrected chi connectivity index (χ1v) is 7.49. The number of carbonyl (C=O) groups is 1. The second-order valence-electron chi connectivity index (χ2n) is 4.79. The van der Waals surface area contributed by atoms with Crippen molar-refractivity contribution in [2.75, 3.05) is 0 Å². The van der Waals surface area contributed by atoms with Crippen LogP contribution in [0.15, 0.2) is 71.3 Å². The average Bonchev–Trinajstić information content (AvgIpc) is 2.57. The fourth-order valence-corrected chi connectivity index (χ4v) is 2.51. The highest BCUT2D eigenvalue weighted by molar-refractivity contribution is 9.10. The Hall–Kier alpha value is -2.46. The van der Waals surface area contributed by atoms with E-state index >= 15 is 0 Å². The number of hydrogen-bond acceptors (Lipinski definition) is 3. The van der Waals surface area contributed by atoms with Gasteiger partial charge in [0, 0.05) is 21.8 Å². The molecule has 1 aromatic heterocycles. The predicted octanol–water partition coefficient (Wildman–Crippen LogP) is 4.45. The van der Waals surface area contributed by atoms with Gasteiger partial charge in [-0.15, -0.1) is 0 Å². The molecule has 108 valence electrons. The Balaban J connectivity index is 1.93. The van der Waals surface area contributed by atoms with E-state index in [2.05, 4.69) is 20.9 Å². The molecule has 0 saturated heterocycles. The van der Waals surface area contributed by atoms with Gasteiger partial charge in [-0.05, 0) is 30.3 Å². The summed E-state index contributed by atoms with van der Waals surface area (Å²) in [6.45, 7) is 0. The Morgan fingerprint density at radius 3 is 2.45 bits per heavy atom. The van der Waals surface area contributed by atoms with E-state index in [0.29, 0.717) is 5.56 Å². The molecule has 1 N–H and O–H groups in total. The SMILES string of the molecule is O=C(c1ccc(-c2ccccc2)nc1)c1cc(Br)ccc1O. The van der Waals surface area contributed by atoms with Gasteiger partial charge in [-0.3, -0.25) is 9.78 Å². The second kappa shape index (κ2) is 6.12. The van der Waals surface area contributed by atoms with Crippen LogP contribution < -0.4 is 0 Å². The van der Waals surface area contributed by atoms with Crippen LogP contribution in [-0.2, 0) is 0 Å². The van der Waals surface area contributed by atoms with Gasteiger partial charge in [0.15, 0.2) is 5.78 Å². The van der Waals surface area contributed by atoms with Crippen LogP contribution in [0.4, 0.5) is 0 Å². The molecule has 0 aliphatic heterocycles. The molecule has 0 radical (unpaired) electrons. The van der Waals surface area contributed by atoms with Gasteiger partial charge in [0.1, 0.15) is 5.75 Å². The highest BCUT2D eigenvalue weighted by Crippen LogP contribution is 2.25. The van der Waals surface area contributed by atoms with Gasteiger partial charge >= 0.3 is 0 Å². The zero-order valence-corrected chi connectivity index (χ0v) is 13.1. The molecule has 0 spiro atoms. The van der Waals surface area contributed by atoms with Crippen molar-refractivity contribution in [2.24, 2.45) is 0 Å². The van der Waals surface area contributed by atoms with E-state index in [-0.39, 0.29) is 17.1 Å². The van der Waals surface area contributed by atoms with Gasteiger partial charge in [0.2, 0.25) is 0 Å². The molecule has 0 aliphatic rings. The molecule has 0 aliphatic carbocycles. The van der Waals surface area contributed by atoms with E-state index < -0.39 is 0 Å². The van der Waals surface area contributed by atoms with Crippen molar-refractivity contribution in [3.8, 4) is 17.0 Å². The summed E-state index contributed by atoms with van der Waals surface area (Å²) in [6.07, 6.45) is 1.53. The van der Waals surface area contributed by atoms with Crippen LogP contribution in [0, 0.1) is 0 Å². The van der Waals surface area contributed by atoms with Crippen LogP contribution >= 0.6 is 15.9 Å². The first kappa shape index (κ1) is 14.5. The minimum atomic E-state index is -0.258. The van der Waals surface area contributed by atoms with E-state index in [1.165, 1.54) is 12.3 Å². The lowest BCUT2D eigenvalue weighted by molar-refractivity contribution is 0.103. The third-order valence-corrected chi connectivity index (χ3v) is 3.79. The second-order valence-corrected chi connectivity index (χ2v) is 5.70. The number of carbonyl (C=O) groups excluding carboxylic acids is 1. The van der Waals surface area contributed by atoms with Gasteiger partial charge in [-0.1, -0.05) is 46.3 Å². The third kappa shape index (κ3) is 2.92. The summed E-state index contributed by atoms with van der Waals surface area (Å²) in [5.74, 6) is -0.300. The first-order valence-electron chi connectivity index (χ1n) is 6.70. The van der Waals surface area contributed by atoms with Crippen molar-refractivity contribution in [1.29, 1.82) is 0 Å². The summed E-state index contributed by atoms with van der Waals surface area (Å²) in [6, 6.07) is 18.0. The fraction of sp³-hybridized carbons (Fsp3) is 0. The fourth-order valence-electron chi connectivity index (χ4n) is 2.15. The minimum absolute atomic E-state index is 0.0414. The van der Waals surface area contributed by atoms with Crippen LogP contribution in [0.2, 0.25) is 0 Å². The Kier molecular flexibility index (Phi) is 4.02. The molecule has 0 amide bonds. The van der Waals surface area contributed by atoms with Crippen LogP contribution in [-0.4, -0.2) is 15.9 Å². The maximum atomic E-state index is 12.4. The van der Waals surface area contributed by atoms with Gasteiger partial charge < -0.3 is 5.11 Å². The summed E-state index contributed by atoms with van der Waals surface area (Å²) in [5.41, 5.74) is 2.49. The molecule has 0 unspecified atom stereocenters. The highest BCUT2D eigenvalue weighted by Gasteiger charge is 2.14. The molecular formula is C18H12BrNO2. The van der Waals surface area contributed by atoms with Crippen molar-refractivity contribution in [1.82, 2.24) is 4.98 Å². The van der Waals surface area contributed by atoms with Gasteiger partial charge in [0.25, 0.3) is 0 Å². The molecule has 0 bridgehead atoms. The molecule has 3 aromatic rings. The van der Waals surface area contributed by atoms with E-state index in [4.69, 9.17) is 0 Å². The Labute approximate surface area is 136 Å². The highest BCUT2D eigenvalue weighted by atomic mass is 79.9. The number of halogens is 1. The summed E-state index contributed by atoms with van der Waals surface area (Å²) < 4.78 is 0.738. The summed E-state index contributed by atoms with van der Waals surface area (Å²) >= 11 is 3.30. The lowest BCUT2D eigenvalue weighted by Gasteiger charge is -2.06. The quantitative estimate of drug-likeness (QED) is 0.707. The van der Waals surface area contributed by atoms with E-state index in [9.17, 15) is 9.90 Å². The minimum Gasteiger partial charge on any atom is -0.507 e. The molecule has 0 saturated carbocycles. The van der Waals surface area contributed by atoms with Crippen LogP contribution in [0.25, 0.3) is 11.3 Å². The molecule has 22 heavy (non-hydrogen) atoms. The number of phenolic OH excluding ortho intramolecular Hbond substituents is 1. The average molecular weight is 354 g/mol. The number of hydrogen-bond donors (Lipinski definition) is 1. The topological polar surface area (TPSA) is 50.2 Å². The largest absolute Gasteiger partial charge is 0.507 e. The van der Waals surface area contributed by atoms with E-state index in [1.54, 1.807) is 24.3 Å². The third-order valence-electron chi connectivity index (χ3n) is 3.30. The predicted molar refractivity (Wildman–Crippen MR) is 88.9 cm³/mol. The van der Waals surface area contributed by atoms with E-state index in [1.807, 2.05) is 30.3 Å². The molecule has 0 fully saturated rings. The Morgan fingerprint density at radius 1 is 1.00 bits per heavy atom. The zero-order valence-electron chi connectivity index (χ0n) is 11.5. The lowest BCUT2D eigenvalue weighted by Crippen LogP contribution is -2.02. The number of nitrogens with zero attached hydrogens (tertiary/aromatic N) is 1. The molecule has 1 heterocycles. The van der Waals surface area contributed by atoms with Crippen molar-refractivity contribution < 1.29 is 9.90 Å². The van der Waals surface area contributed by atoms with Gasteiger partial charge in [-0.25, -0.2) is 0 Å². The number of aromatic nitrogens is 1. The van der Waals surface area contributed by atoms with E-state index in [0.717, 1.165) is 15.7 Å². The molecule has 3 nitrogen and oxygen atoms in total. The molecular weight excluding hydrogens is 342 g/mol. The monoisotopic (exact) mass is 353 g/mol. The number of phenols is 1. The van der Waals surface area contributed by atoms with Gasteiger partial charge in [0.05, 0.1) is 11.3 Å². The zero-order chi connectivity index (χ0) is 15.5. The van der Waals surface area contributed by atoms with Crippen molar-refractivity contribution in [2.45, 2.75) is 0 Å². The molecule has 0 atom stereocenters. The van der Waals surface area contributed by atoms with Gasteiger partial charge in [-0.2, -0.15) is 0 Å². The first-order chi connectivity index (χ1) is 10.6. The van der Waals surface area contributed by atoms with Crippen LogP contribution in [0.5, 0.6) is 5.75 Å². The number of benzene rings is 2. The number of aromatic hydroxyl groups is 1. The standard InChI is InChI=1S/C18H12BrNO2/c19-14-7-9-17(21)15(10-14)18(22)13-6-8-16(20-11-13)12-4-2-1-3-5-12/h1-11,21H. The number of pyridine rings is 1. The maximum Gasteiger partial charge on any atom is 0.198 e. The lowest BCUT2D eigenvalue weighted by atomic mass is 10.0. The Bertz CT molecular complexity index is 814. The number of ketones is 1.